The molecule has 0 aliphatic carbocycles. The third kappa shape index (κ3) is 4.97. The van der Waals surface area contributed by atoms with Crippen LogP contribution in [0.2, 0.25) is 6.32 Å². The average molecular weight is 252 g/mol. The highest BCUT2D eigenvalue weighted by atomic mass is 16.5. The minimum Gasteiger partial charge on any atom is -0.444 e. The Hall–Kier alpha value is 0.0499. The molecule has 0 heterocycles. The molecule has 1 N–H and O–H groups in total. The minimum absolute atomic E-state index is 0.214. The summed E-state index contributed by atoms with van der Waals surface area (Å²) in [6.07, 6.45) is 0.957. The number of hydrogen-bond acceptors (Lipinski definition) is 2. The molecule has 0 fully saturated rings. The molecule has 0 aromatic rings. The van der Waals surface area contributed by atoms with Crippen LogP contribution < -0.4 is 0 Å². The van der Waals surface area contributed by atoms with Gasteiger partial charge in [-0.25, -0.2) is 0 Å². The van der Waals surface area contributed by atoms with Crippen molar-refractivity contribution in [3.05, 3.63) is 0 Å². The van der Waals surface area contributed by atoms with Crippen molar-refractivity contribution in [3.8, 4) is 0 Å². The van der Waals surface area contributed by atoms with Crippen LogP contribution in [0.15, 0.2) is 0 Å². The molecule has 0 aromatic carbocycles. The average Bonchev–Trinajstić information content (AvgIpc) is 2.08. The second kappa shape index (κ2) is 5.58. The third-order valence-corrected chi connectivity index (χ3v) is 4.59. The summed E-state index contributed by atoms with van der Waals surface area (Å²) < 4.78 is 5.67. The Morgan fingerprint density at radius 1 is 0.889 bits per heavy atom. The lowest BCUT2D eigenvalue weighted by molar-refractivity contribution is -0.0888. The fraction of sp³-hybridized carbons (Fsp3) is 1.00. The van der Waals surface area contributed by atoms with Gasteiger partial charge >= 0.3 is 0 Å². The topological polar surface area (TPSA) is 29.5 Å². The Bertz CT molecular complexity index is 232. The van der Waals surface area contributed by atoms with Crippen LogP contribution in [0.1, 0.15) is 62.3 Å². The molecule has 104 valence electrons. The summed E-state index contributed by atoms with van der Waals surface area (Å²) in [7, 11) is 3.78. The zero-order valence-electron chi connectivity index (χ0n) is 13.7. The first-order valence-corrected chi connectivity index (χ1v) is 6.76. The summed E-state index contributed by atoms with van der Waals surface area (Å²) in [5.74, 6) is 0. The van der Waals surface area contributed by atoms with E-state index in [1.54, 1.807) is 21.2 Å². The van der Waals surface area contributed by atoms with Crippen molar-refractivity contribution < 1.29 is 9.76 Å². The maximum atomic E-state index is 9.97. The zero-order chi connectivity index (χ0) is 14.8. The van der Waals surface area contributed by atoms with Gasteiger partial charge in [0.2, 0.25) is 7.37 Å². The molecule has 4 heteroatoms. The van der Waals surface area contributed by atoms with Crippen LogP contribution in [0.25, 0.3) is 0 Å². The standard InChI is InChI=1S/C14H30B2O2/c1-11(2,3)12(4,5)10-15-16-18-14(8,9)13(6,7)17/h17H,10H2,1-9H3. The van der Waals surface area contributed by atoms with E-state index in [-0.39, 0.29) is 10.8 Å². The maximum absolute atomic E-state index is 9.97. The van der Waals surface area contributed by atoms with Gasteiger partial charge in [-0.15, -0.1) is 0 Å². The summed E-state index contributed by atoms with van der Waals surface area (Å²) >= 11 is 0. The van der Waals surface area contributed by atoms with Gasteiger partial charge in [-0.1, -0.05) is 40.9 Å². The maximum Gasteiger partial charge on any atom is 0.241 e. The lowest BCUT2D eigenvalue weighted by Gasteiger charge is -2.40. The highest BCUT2D eigenvalue weighted by Gasteiger charge is 2.36. The van der Waals surface area contributed by atoms with Crippen LogP contribution in [0.3, 0.4) is 0 Å². The van der Waals surface area contributed by atoms with Crippen LogP contribution in [0.4, 0.5) is 0 Å². The molecule has 18 heavy (non-hydrogen) atoms. The van der Waals surface area contributed by atoms with Gasteiger partial charge in [-0.05, 0) is 38.5 Å². The Labute approximate surface area is 115 Å². The Balaban J connectivity index is 4.17. The number of rotatable bonds is 6. The molecular weight excluding hydrogens is 222 g/mol. The van der Waals surface area contributed by atoms with Crippen LogP contribution in [0.5, 0.6) is 0 Å². The van der Waals surface area contributed by atoms with Crippen molar-refractivity contribution in [1.82, 2.24) is 0 Å². The van der Waals surface area contributed by atoms with E-state index in [9.17, 15) is 5.11 Å². The fourth-order valence-electron chi connectivity index (χ4n) is 1.01. The van der Waals surface area contributed by atoms with Gasteiger partial charge in [-0.3, -0.25) is 0 Å². The number of hydrogen-bond donors (Lipinski definition) is 1. The lowest BCUT2D eigenvalue weighted by atomic mass is 9.41. The van der Waals surface area contributed by atoms with E-state index in [0.717, 1.165) is 6.32 Å². The normalized spacial score (nSPS) is 14.6. The van der Waals surface area contributed by atoms with E-state index in [1.165, 1.54) is 0 Å². The van der Waals surface area contributed by atoms with Gasteiger partial charge < -0.3 is 9.76 Å². The first kappa shape index (κ1) is 18.0. The number of aliphatic hydroxyl groups is 1. The SMILES string of the molecule is CC(C)(C)C(C)(C)C[B][B]OC(C)(C)C(C)(C)O. The van der Waals surface area contributed by atoms with Gasteiger partial charge in [-0.2, -0.15) is 0 Å². The first-order valence-electron chi connectivity index (χ1n) is 6.76. The summed E-state index contributed by atoms with van der Waals surface area (Å²) in [5, 5.41) is 9.97. The van der Waals surface area contributed by atoms with Crippen LogP contribution >= 0.6 is 0 Å². The molecule has 0 aliphatic rings. The van der Waals surface area contributed by atoms with Crippen molar-refractivity contribution in [2.24, 2.45) is 10.8 Å². The molecule has 0 aliphatic heterocycles. The summed E-state index contributed by atoms with van der Waals surface area (Å²) in [4.78, 5) is 0. The largest absolute Gasteiger partial charge is 0.444 e. The Morgan fingerprint density at radius 3 is 1.67 bits per heavy atom. The molecule has 0 spiro atoms. The molecule has 0 bridgehead atoms. The van der Waals surface area contributed by atoms with Crippen molar-refractivity contribution in [2.45, 2.75) is 79.8 Å². The molecular formula is C14H30B2O2. The minimum atomic E-state index is -0.864. The highest BCUT2D eigenvalue weighted by Crippen LogP contribution is 2.40. The van der Waals surface area contributed by atoms with Crippen LogP contribution in [-0.4, -0.2) is 30.9 Å². The van der Waals surface area contributed by atoms with E-state index < -0.39 is 11.2 Å². The predicted molar refractivity (Wildman–Crippen MR) is 81.0 cm³/mol. The molecule has 0 aromatic heterocycles. The molecule has 2 radical (unpaired) electrons. The second-order valence-electron chi connectivity index (χ2n) is 7.90. The summed E-state index contributed by atoms with van der Waals surface area (Å²) in [5.41, 5.74) is -0.985. The molecule has 0 atom stereocenters. The van der Waals surface area contributed by atoms with E-state index in [2.05, 4.69) is 41.8 Å². The smallest absolute Gasteiger partial charge is 0.241 e. The van der Waals surface area contributed by atoms with Gasteiger partial charge in [0, 0.05) is 0 Å². The van der Waals surface area contributed by atoms with Crippen molar-refractivity contribution in [3.63, 3.8) is 0 Å². The van der Waals surface area contributed by atoms with E-state index >= 15 is 0 Å². The molecule has 0 amide bonds. The molecule has 0 saturated carbocycles. The first-order chi connectivity index (χ1) is 7.71. The zero-order valence-corrected chi connectivity index (χ0v) is 13.7. The van der Waals surface area contributed by atoms with Gasteiger partial charge in [0.05, 0.1) is 11.2 Å². The van der Waals surface area contributed by atoms with Crippen LogP contribution in [0, 0.1) is 10.8 Å². The Morgan fingerprint density at radius 2 is 1.33 bits per heavy atom. The van der Waals surface area contributed by atoms with Crippen molar-refractivity contribution >= 4 is 14.5 Å². The van der Waals surface area contributed by atoms with Gasteiger partial charge in [0.1, 0.15) is 7.17 Å². The molecule has 0 saturated heterocycles. The second-order valence-corrected chi connectivity index (χ2v) is 7.90. The summed E-state index contributed by atoms with van der Waals surface area (Å²) in [6, 6.07) is 0. The van der Waals surface area contributed by atoms with E-state index in [0.29, 0.717) is 0 Å². The van der Waals surface area contributed by atoms with Gasteiger partial charge in [0.25, 0.3) is 0 Å². The molecule has 2 nitrogen and oxygen atoms in total. The van der Waals surface area contributed by atoms with Crippen molar-refractivity contribution in [2.75, 3.05) is 0 Å². The summed E-state index contributed by atoms with van der Waals surface area (Å²) in [6.45, 7) is 18.6. The quantitative estimate of drug-likeness (QED) is 0.580. The molecule has 0 rings (SSSR count). The van der Waals surface area contributed by atoms with Crippen molar-refractivity contribution in [1.29, 1.82) is 0 Å². The fourth-order valence-corrected chi connectivity index (χ4v) is 1.01. The lowest BCUT2D eigenvalue weighted by Crippen LogP contribution is -2.48. The van der Waals surface area contributed by atoms with E-state index in [4.69, 9.17) is 4.65 Å². The third-order valence-electron chi connectivity index (χ3n) is 4.59. The highest BCUT2D eigenvalue weighted by molar-refractivity contribution is 6.97. The molecule has 0 unspecified atom stereocenters. The Kier molecular flexibility index (Phi) is 5.60. The van der Waals surface area contributed by atoms with Gasteiger partial charge in [0.15, 0.2) is 0 Å². The monoisotopic (exact) mass is 252 g/mol. The predicted octanol–water partition coefficient (Wildman–Crippen LogP) is 3.28. The van der Waals surface area contributed by atoms with Crippen LogP contribution in [-0.2, 0) is 4.65 Å². The van der Waals surface area contributed by atoms with E-state index in [1.807, 2.05) is 13.8 Å².